The Balaban J connectivity index is 3.19. The van der Waals surface area contributed by atoms with Crippen molar-refractivity contribution in [3.63, 3.8) is 0 Å². The van der Waals surface area contributed by atoms with Crippen LogP contribution in [0, 0.1) is 6.92 Å². The molecule has 1 heterocycles. The Bertz CT molecular complexity index is 255. The average molecular weight is 154 g/mol. The molecule has 0 amide bonds. The van der Waals surface area contributed by atoms with Gasteiger partial charge in [-0.25, -0.2) is 4.98 Å². The summed E-state index contributed by atoms with van der Waals surface area (Å²) in [7, 11) is 0. The standard InChI is InChI=1S/C8H8ClN/c1-3-7-5-4-6(2)10-8(7)9/h3-5H,1H2,2H3. The molecule has 1 nitrogen and oxygen atoms in total. The minimum absolute atomic E-state index is 0.523. The highest BCUT2D eigenvalue weighted by molar-refractivity contribution is 6.30. The normalized spacial score (nSPS) is 9.40. The molecule has 0 spiro atoms. The van der Waals surface area contributed by atoms with Crippen LogP contribution in [0.5, 0.6) is 0 Å². The van der Waals surface area contributed by atoms with Crippen LogP contribution >= 0.6 is 11.6 Å². The fourth-order valence-electron chi connectivity index (χ4n) is 0.688. The summed E-state index contributed by atoms with van der Waals surface area (Å²) in [5, 5.41) is 0.523. The Kier molecular flexibility index (Phi) is 2.07. The van der Waals surface area contributed by atoms with E-state index >= 15 is 0 Å². The third kappa shape index (κ3) is 1.36. The second kappa shape index (κ2) is 2.84. The first kappa shape index (κ1) is 7.29. The molecule has 0 N–H and O–H groups in total. The highest BCUT2D eigenvalue weighted by Crippen LogP contribution is 2.13. The third-order valence-electron chi connectivity index (χ3n) is 1.24. The zero-order valence-corrected chi connectivity index (χ0v) is 6.52. The zero-order chi connectivity index (χ0) is 7.56. The lowest BCUT2D eigenvalue weighted by atomic mass is 10.2. The van der Waals surface area contributed by atoms with Crippen molar-refractivity contribution in [2.24, 2.45) is 0 Å². The number of nitrogens with zero attached hydrogens (tertiary/aromatic N) is 1. The van der Waals surface area contributed by atoms with E-state index in [0.29, 0.717) is 5.15 Å². The van der Waals surface area contributed by atoms with Crippen LogP contribution in [0.2, 0.25) is 5.15 Å². The lowest BCUT2D eigenvalue weighted by Gasteiger charge is -1.96. The van der Waals surface area contributed by atoms with Gasteiger partial charge in [0.05, 0.1) is 0 Å². The van der Waals surface area contributed by atoms with Crippen LogP contribution in [0.1, 0.15) is 11.3 Å². The van der Waals surface area contributed by atoms with Crippen molar-refractivity contribution in [2.75, 3.05) is 0 Å². The lowest BCUT2D eigenvalue weighted by molar-refractivity contribution is 1.19. The van der Waals surface area contributed by atoms with Crippen molar-refractivity contribution >= 4 is 17.7 Å². The molecular formula is C8H8ClN. The predicted molar refractivity (Wildman–Crippen MR) is 44.1 cm³/mol. The predicted octanol–water partition coefficient (Wildman–Crippen LogP) is 2.69. The van der Waals surface area contributed by atoms with E-state index < -0.39 is 0 Å². The van der Waals surface area contributed by atoms with E-state index in [0.717, 1.165) is 11.3 Å². The first-order chi connectivity index (χ1) is 4.74. The molecule has 1 rings (SSSR count). The van der Waals surface area contributed by atoms with E-state index in [1.165, 1.54) is 0 Å². The van der Waals surface area contributed by atoms with Crippen LogP contribution in [0.4, 0.5) is 0 Å². The number of hydrogen-bond donors (Lipinski definition) is 0. The highest BCUT2D eigenvalue weighted by Gasteiger charge is 1.95. The van der Waals surface area contributed by atoms with Crippen molar-refractivity contribution in [3.8, 4) is 0 Å². The molecule has 1 aromatic heterocycles. The average Bonchev–Trinajstić information content (AvgIpc) is 1.88. The van der Waals surface area contributed by atoms with Crippen LogP contribution in [-0.2, 0) is 0 Å². The number of aryl methyl sites for hydroxylation is 1. The van der Waals surface area contributed by atoms with Crippen LogP contribution in [0.3, 0.4) is 0 Å². The number of hydrogen-bond acceptors (Lipinski definition) is 1. The van der Waals surface area contributed by atoms with E-state index in [1.807, 2.05) is 19.1 Å². The number of aromatic nitrogens is 1. The van der Waals surface area contributed by atoms with E-state index in [2.05, 4.69) is 11.6 Å². The van der Waals surface area contributed by atoms with Gasteiger partial charge in [0.25, 0.3) is 0 Å². The van der Waals surface area contributed by atoms with Gasteiger partial charge in [0, 0.05) is 11.3 Å². The molecule has 0 aliphatic carbocycles. The van der Waals surface area contributed by atoms with E-state index in [1.54, 1.807) is 6.08 Å². The first-order valence-electron chi connectivity index (χ1n) is 2.99. The first-order valence-corrected chi connectivity index (χ1v) is 3.37. The summed E-state index contributed by atoms with van der Waals surface area (Å²) in [5.41, 5.74) is 1.81. The molecular weight excluding hydrogens is 146 g/mol. The van der Waals surface area contributed by atoms with Crippen molar-refractivity contribution in [2.45, 2.75) is 6.92 Å². The Morgan fingerprint density at radius 3 is 2.80 bits per heavy atom. The van der Waals surface area contributed by atoms with E-state index in [9.17, 15) is 0 Å². The van der Waals surface area contributed by atoms with Gasteiger partial charge in [-0.2, -0.15) is 0 Å². The lowest BCUT2D eigenvalue weighted by Crippen LogP contribution is -1.83. The molecule has 0 aliphatic heterocycles. The quantitative estimate of drug-likeness (QED) is 0.566. The Hall–Kier alpha value is -0.820. The van der Waals surface area contributed by atoms with Gasteiger partial charge >= 0.3 is 0 Å². The maximum absolute atomic E-state index is 5.75. The summed E-state index contributed by atoms with van der Waals surface area (Å²) in [5.74, 6) is 0. The zero-order valence-electron chi connectivity index (χ0n) is 5.76. The Morgan fingerprint density at radius 2 is 2.30 bits per heavy atom. The van der Waals surface area contributed by atoms with Crippen LogP contribution in [-0.4, -0.2) is 4.98 Å². The summed E-state index contributed by atoms with van der Waals surface area (Å²) in [4.78, 5) is 4.04. The minimum atomic E-state index is 0.523. The molecule has 0 unspecified atom stereocenters. The molecule has 0 radical (unpaired) electrons. The van der Waals surface area contributed by atoms with Gasteiger partial charge in [-0.05, 0) is 13.0 Å². The summed E-state index contributed by atoms with van der Waals surface area (Å²) in [6.07, 6.45) is 1.69. The molecule has 0 atom stereocenters. The summed E-state index contributed by atoms with van der Waals surface area (Å²) < 4.78 is 0. The Morgan fingerprint density at radius 1 is 1.60 bits per heavy atom. The minimum Gasteiger partial charge on any atom is -0.241 e. The molecule has 10 heavy (non-hydrogen) atoms. The monoisotopic (exact) mass is 153 g/mol. The topological polar surface area (TPSA) is 12.9 Å². The molecule has 0 saturated carbocycles. The van der Waals surface area contributed by atoms with E-state index in [-0.39, 0.29) is 0 Å². The SMILES string of the molecule is C=Cc1ccc(C)nc1Cl. The second-order valence-electron chi connectivity index (χ2n) is 2.04. The van der Waals surface area contributed by atoms with Crippen LogP contribution < -0.4 is 0 Å². The van der Waals surface area contributed by atoms with Gasteiger partial charge in [0.1, 0.15) is 5.15 Å². The summed E-state index contributed by atoms with van der Waals surface area (Å²) in [6, 6.07) is 3.81. The largest absolute Gasteiger partial charge is 0.241 e. The van der Waals surface area contributed by atoms with Crippen LogP contribution in [0.15, 0.2) is 18.7 Å². The second-order valence-corrected chi connectivity index (χ2v) is 2.39. The van der Waals surface area contributed by atoms with E-state index in [4.69, 9.17) is 11.6 Å². The Labute approximate surface area is 65.4 Å². The van der Waals surface area contributed by atoms with Crippen LogP contribution in [0.25, 0.3) is 6.08 Å². The fourth-order valence-corrected chi connectivity index (χ4v) is 0.962. The molecule has 1 aromatic rings. The molecule has 0 bridgehead atoms. The van der Waals surface area contributed by atoms with Gasteiger partial charge in [0.2, 0.25) is 0 Å². The summed E-state index contributed by atoms with van der Waals surface area (Å²) >= 11 is 5.75. The van der Waals surface area contributed by atoms with Gasteiger partial charge in [0.15, 0.2) is 0 Å². The molecule has 0 saturated heterocycles. The number of rotatable bonds is 1. The fraction of sp³-hybridized carbons (Fsp3) is 0.125. The molecule has 2 heteroatoms. The van der Waals surface area contributed by atoms with Crippen molar-refractivity contribution in [1.29, 1.82) is 0 Å². The maximum Gasteiger partial charge on any atom is 0.136 e. The molecule has 0 aliphatic rings. The highest BCUT2D eigenvalue weighted by atomic mass is 35.5. The number of pyridine rings is 1. The molecule has 0 aromatic carbocycles. The smallest absolute Gasteiger partial charge is 0.136 e. The molecule has 0 fully saturated rings. The summed E-state index contributed by atoms with van der Waals surface area (Å²) in [6.45, 7) is 5.50. The third-order valence-corrected chi connectivity index (χ3v) is 1.54. The maximum atomic E-state index is 5.75. The van der Waals surface area contributed by atoms with Gasteiger partial charge in [-0.3, -0.25) is 0 Å². The van der Waals surface area contributed by atoms with Crippen molar-refractivity contribution in [3.05, 3.63) is 35.1 Å². The van der Waals surface area contributed by atoms with Gasteiger partial charge < -0.3 is 0 Å². The van der Waals surface area contributed by atoms with Gasteiger partial charge in [-0.1, -0.05) is 30.3 Å². The van der Waals surface area contributed by atoms with Crippen molar-refractivity contribution in [1.82, 2.24) is 4.98 Å². The van der Waals surface area contributed by atoms with Gasteiger partial charge in [-0.15, -0.1) is 0 Å². The van der Waals surface area contributed by atoms with Crippen molar-refractivity contribution < 1.29 is 0 Å². The number of halogens is 1. The molecule has 52 valence electrons.